The molecule has 0 atom stereocenters. The Hall–Kier alpha value is -1.10. The molecule has 0 heterocycles. The van der Waals surface area contributed by atoms with Crippen LogP contribution in [0, 0.1) is 0 Å². The molecule has 1 aromatic carbocycles. The number of rotatable bonds is 1. The fourth-order valence-corrected chi connectivity index (χ4v) is 2.62. The molecule has 1 fully saturated rings. The molecule has 0 spiro atoms. The SMILES string of the molecule is CC1(F)CC(N)(c2ccccc2C(F)(F)F)C1. The predicted molar refractivity (Wildman–Crippen MR) is 56.1 cm³/mol. The summed E-state index contributed by atoms with van der Waals surface area (Å²) in [7, 11) is 0. The van der Waals surface area contributed by atoms with Gasteiger partial charge in [-0.3, -0.25) is 0 Å². The van der Waals surface area contributed by atoms with E-state index in [9.17, 15) is 17.6 Å². The fourth-order valence-electron chi connectivity index (χ4n) is 2.62. The van der Waals surface area contributed by atoms with Crippen LogP contribution < -0.4 is 5.73 Å². The van der Waals surface area contributed by atoms with Gasteiger partial charge in [0.15, 0.2) is 0 Å². The molecule has 0 unspecified atom stereocenters. The summed E-state index contributed by atoms with van der Waals surface area (Å²) in [6, 6.07) is 5.12. The van der Waals surface area contributed by atoms with Crippen molar-refractivity contribution in [1.82, 2.24) is 0 Å². The first-order valence-electron chi connectivity index (χ1n) is 5.29. The highest BCUT2D eigenvalue weighted by atomic mass is 19.4. The van der Waals surface area contributed by atoms with Gasteiger partial charge in [0.05, 0.1) is 5.56 Å². The highest BCUT2D eigenvalue weighted by molar-refractivity contribution is 5.38. The van der Waals surface area contributed by atoms with Crippen LogP contribution in [0.4, 0.5) is 17.6 Å². The molecule has 0 bridgehead atoms. The second-order valence-corrected chi connectivity index (χ2v) is 4.97. The zero-order chi connectivity index (χ0) is 12.9. The maximum absolute atomic E-state index is 13.5. The van der Waals surface area contributed by atoms with Crippen LogP contribution in [0.15, 0.2) is 24.3 Å². The van der Waals surface area contributed by atoms with Gasteiger partial charge in [0, 0.05) is 18.4 Å². The summed E-state index contributed by atoms with van der Waals surface area (Å²) >= 11 is 0. The first-order valence-corrected chi connectivity index (χ1v) is 5.29. The zero-order valence-corrected chi connectivity index (χ0v) is 9.31. The van der Waals surface area contributed by atoms with Gasteiger partial charge < -0.3 is 5.73 Å². The molecule has 0 saturated heterocycles. The molecule has 17 heavy (non-hydrogen) atoms. The van der Waals surface area contributed by atoms with Crippen LogP contribution in [0.1, 0.15) is 30.9 Å². The van der Waals surface area contributed by atoms with Gasteiger partial charge in [-0.15, -0.1) is 0 Å². The largest absolute Gasteiger partial charge is 0.416 e. The Morgan fingerprint density at radius 3 is 2.18 bits per heavy atom. The second-order valence-electron chi connectivity index (χ2n) is 4.97. The maximum Gasteiger partial charge on any atom is 0.416 e. The second kappa shape index (κ2) is 3.45. The van der Waals surface area contributed by atoms with E-state index in [4.69, 9.17) is 5.73 Å². The summed E-state index contributed by atoms with van der Waals surface area (Å²) in [5.74, 6) is 0. The summed E-state index contributed by atoms with van der Waals surface area (Å²) < 4.78 is 51.8. The van der Waals surface area contributed by atoms with Crippen molar-refractivity contribution in [3.8, 4) is 0 Å². The van der Waals surface area contributed by atoms with Gasteiger partial charge >= 0.3 is 6.18 Å². The third-order valence-corrected chi connectivity index (χ3v) is 3.14. The summed E-state index contributed by atoms with van der Waals surface area (Å²) in [4.78, 5) is 0. The number of halogens is 4. The maximum atomic E-state index is 13.5. The Morgan fingerprint density at radius 1 is 1.18 bits per heavy atom. The van der Waals surface area contributed by atoms with Gasteiger partial charge in [-0.05, 0) is 18.6 Å². The average Bonchev–Trinajstić information content (AvgIpc) is 2.13. The standard InChI is InChI=1S/C12H13F4N/c1-10(13)6-11(17,7-10)8-4-2-3-5-9(8)12(14,15)16/h2-5H,6-7,17H2,1H3. The van der Waals surface area contributed by atoms with Crippen LogP contribution in [-0.2, 0) is 11.7 Å². The highest BCUT2D eigenvalue weighted by Gasteiger charge is 2.53. The Morgan fingerprint density at radius 2 is 1.71 bits per heavy atom. The predicted octanol–water partition coefficient (Wildman–Crippen LogP) is 3.38. The monoisotopic (exact) mass is 247 g/mol. The number of hydrogen-bond donors (Lipinski definition) is 1. The molecule has 1 aromatic rings. The minimum atomic E-state index is -4.45. The molecule has 0 amide bonds. The lowest BCUT2D eigenvalue weighted by molar-refractivity contribution is -0.140. The zero-order valence-electron chi connectivity index (χ0n) is 9.31. The van der Waals surface area contributed by atoms with Gasteiger partial charge in [0.25, 0.3) is 0 Å². The number of alkyl halides is 4. The number of benzene rings is 1. The van der Waals surface area contributed by atoms with E-state index in [0.29, 0.717) is 0 Å². The van der Waals surface area contributed by atoms with E-state index >= 15 is 0 Å². The van der Waals surface area contributed by atoms with E-state index in [1.54, 1.807) is 0 Å². The molecular formula is C12H13F4N. The van der Waals surface area contributed by atoms with Crippen LogP contribution >= 0.6 is 0 Å². The molecule has 1 nitrogen and oxygen atoms in total. The van der Waals surface area contributed by atoms with Gasteiger partial charge in [-0.25, -0.2) is 4.39 Å². The molecule has 94 valence electrons. The van der Waals surface area contributed by atoms with Crippen molar-refractivity contribution in [2.45, 2.75) is 37.1 Å². The summed E-state index contributed by atoms with van der Waals surface area (Å²) in [6.07, 6.45) is -4.61. The highest BCUT2D eigenvalue weighted by Crippen LogP contribution is 2.51. The van der Waals surface area contributed by atoms with E-state index in [2.05, 4.69) is 0 Å². The molecule has 5 heteroatoms. The summed E-state index contributed by atoms with van der Waals surface area (Å²) in [6.45, 7) is 1.36. The summed E-state index contributed by atoms with van der Waals surface area (Å²) in [5.41, 5.74) is 2.42. The minimum absolute atomic E-state index is 0.0115. The Balaban J connectivity index is 2.41. The molecule has 2 N–H and O–H groups in total. The van der Waals surface area contributed by atoms with Gasteiger partial charge in [0.2, 0.25) is 0 Å². The third kappa shape index (κ3) is 2.16. The topological polar surface area (TPSA) is 26.0 Å². The minimum Gasteiger partial charge on any atom is -0.321 e. The first kappa shape index (κ1) is 12.4. The van der Waals surface area contributed by atoms with Crippen LogP contribution in [0.5, 0.6) is 0 Å². The van der Waals surface area contributed by atoms with E-state index < -0.39 is 22.9 Å². The smallest absolute Gasteiger partial charge is 0.321 e. The molecule has 0 aliphatic heterocycles. The molecule has 1 aliphatic carbocycles. The van der Waals surface area contributed by atoms with Crippen LogP contribution in [0.25, 0.3) is 0 Å². The van der Waals surface area contributed by atoms with Crippen molar-refractivity contribution in [3.05, 3.63) is 35.4 Å². The van der Waals surface area contributed by atoms with Crippen LogP contribution in [0.3, 0.4) is 0 Å². The van der Waals surface area contributed by atoms with E-state index in [-0.39, 0.29) is 18.4 Å². The first-order chi connectivity index (χ1) is 7.64. The van der Waals surface area contributed by atoms with Gasteiger partial charge in [-0.2, -0.15) is 13.2 Å². The van der Waals surface area contributed by atoms with E-state index in [1.807, 2.05) is 0 Å². The number of nitrogens with two attached hydrogens (primary N) is 1. The Bertz CT molecular complexity index is 428. The Kier molecular flexibility index (Phi) is 2.51. The number of hydrogen-bond acceptors (Lipinski definition) is 1. The van der Waals surface area contributed by atoms with Gasteiger partial charge in [-0.1, -0.05) is 18.2 Å². The lowest BCUT2D eigenvalue weighted by Gasteiger charge is -2.48. The van der Waals surface area contributed by atoms with Crippen molar-refractivity contribution in [2.75, 3.05) is 0 Å². The molecular weight excluding hydrogens is 234 g/mol. The quantitative estimate of drug-likeness (QED) is 0.756. The van der Waals surface area contributed by atoms with E-state index in [1.165, 1.54) is 25.1 Å². The van der Waals surface area contributed by atoms with Crippen molar-refractivity contribution >= 4 is 0 Å². The van der Waals surface area contributed by atoms with Crippen LogP contribution in [0.2, 0.25) is 0 Å². The molecule has 1 saturated carbocycles. The normalized spacial score (nSPS) is 33.3. The van der Waals surface area contributed by atoms with E-state index in [0.717, 1.165) is 6.07 Å². The van der Waals surface area contributed by atoms with Crippen molar-refractivity contribution < 1.29 is 17.6 Å². The third-order valence-electron chi connectivity index (χ3n) is 3.14. The fraction of sp³-hybridized carbons (Fsp3) is 0.500. The van der Waals surface area contributed by atoms with Gasteiger partial charge in [0.1, 0.15) is 5.67 Å². The average molecular weight is 247 g/mol. The van der Waals surface area contributed by atoms with Crippen LogP contribution in [-0.4, -0.2) is 5.67 Å². The van der Waals surface area contributed by atoms with Crippen molar-refractivity contribution in [3.63, 3.8) is 0 Å². The lowest BCUT2D eigenvalue weighted by atomic mass is 9.63. The molecule has 2 rings (SSSR count). The Labute approximate surface area is 96.6 Å². The molecule has 0 aromatic heterocycles. The summed E-state index contributed by atoms with van der Waals surface area (Å²) in [5, 5.41) is 0. The lowest BCUT2D eigenvalue weighted by Crippen LogP contribution is -2.56. The van der Waals surface area contributed by atoms with Crippen molar-refractivity contribution in [1.29, 1.82) is 0 Å². The molecule has 0 radical (unpaired) electrons. The molecule has 1 aliphatic rings. The van der Waals surface area contributed by atoms with Crippen molar-refractivity contribution in [2.24, 2.45) is 5.73 Å².